The molecule has 3 nitrogen and oxygen atoms in total. The van der Waals surface area contributed by atoms with Crippen LogP contribution in [0.4, 0.5) is 11.4 Å². The maximum atomic E-state index is 11.5. The molecule has 7 rings (SSSR count). The van der Waals surface area contributed by atoms with Crippen molar-refractivity contribution in [1.29, 1.82) is 0 Å². The van der Waals surface area contributed by atoms with Gasteiger partial charge in [0, 0.05) is 29.1 Å². The van der Waals surface area contributed by atoms with E-state index in [0.717, 1.165) is 35.0 Å². The molecule has 0 fully saturated rings. The second-order valence-electron chi connectivity index (χ2n) is 10.6. The Balaban J connectivity index is 1.27. The van der Waals surface area contributed by atoms with Crippen LogP contribution < -0.4 is 9.64 Å². The highest BCUT2D eigenvalue weighted by atomic mass is 16.5. The molecule has 1 atom stereocenters. The van der Waals surface area contributed by atoms with Crippen LogP contribution in [0.1, 0.15) is 28.2 Å². The van der Waals surface area contributed by atoms with Crippen LogP contribution in [-0.4, -0.2) is 5.97 Å². The molecule has 0 spiro atoms. The van der Waals surface area contributed by atoms with Gasteiger partial charge in [0.2, 0.25) is 0 Å². The lowest BCUT2D eigenvalue weighted by atomic mass is 9.70. The molecular formula is C38H29NO2. The van der Waals surface area contributed by atoms with Crippen LogP contribution in [0.3, 0.4) is 0 Å². The Labute approximate surface area is 240 Å². The molecule has 0 bridgehead atoms. The lowest BCUT2D eigenvalue weighted by Crippen LogP contribution is -2.26. The summed E-state index contributed by atoms with van der Waals surface area (Å²) in [5.74, 6) is 0.288. The van der Waals surface area contributed by atoms with E-state index >= 15 is 0 Å². The van der Waals surface area contributed by atoms with Gasteiger partial charge in [0.05, 0.1) is 0 Å². The van der Waals surface area contributed by atoms with Crippen molar-refractivity contribution >= 4 is 23.4 Å². The average Bonchev–Trinajstić information content (AvgIpc) is 3.02. The minimum Gasteiger partial charge on any atom is -0.423 e. The van der Waals surface area contributed by atoms with Gasteiger partial charge in [-0.05, 0) is 94.8 Å². The number of esters is 1. The molecule has 0 aromatic heterocycles. The fraction of sp³-hybridized carbons (Fsp3) is 0.0789. The van der Waals surface area contributed by atoms with Crippen LogP contribution in [0.2, 0.25) is 0 Å². The average molecular weight is 532 g/mol. The van der Waals surface area contributed by atoms with Crippen molar-refractivity contribution in [3.63, 3.8) is 0 Å². The lowest BCUT2D eigenvalue weighted by molar-refractivity contribution is -0.128. The second-order valence-corrected chi connectivity index (χ2v) is 10.6. The number of benzene rings is 4. The third-order valence-electron chi connectivity index (χ3n) is 8.12. The quantitative estimate of drug-likeness (QED) is 0.141. The van der Waals surface area contributed by atoms with Gasteiger partial charge in [0.25, 0.3) is 0 Å². The number of hydrogen-bond donors (Lipinski definition) is 0. The number of allylic oxidation sites excluding steroid dienone is 6. The molecule has 0 aliphatic heterocycles. The summed E-state index contributed by atoms with van der Waals surface area (Å²) < 4.78 is 5.23. The van der Waals surface area contributed by atoms with Crippen molar-refractivity contribution in [3.8, 4) is 16.9 Å². The zero-order valence-corrected chi connectivity index (χ0v) is 22.9. The summed E-state index contributed by atoms with van der Waals surface area (Å²) in [6, 6.07) is 31.7. The van der Waals surface area contributed by atoms with E-state index in [1.807, 2.05) is 12.1 Å². The normalized spacial score (nSPS) is 16.1. The maximum absolute atomic E-state index is 11.5. The van der Waals surface area contributed by atoms with Crippen LogP contribution in [-0.2, 0) is 11.2 Å². The molecule has 4 aromatic carbocycles. The van der Waals surface area contributed by atoms with Crippen molar-refractivity contribution in [3.05, 3.63) is 167 Å². The van der Waals surface area contributed by atoms with Crippen LogP contribution in [0, 0.1) is 6.92 Å². The zero-order valence-electron chi connectivity index (χ0n) is 22.9. The fourth-order valence-corrected chi connectivity index (χ4v) is 6.11. The molecule has 3 heteroatoms. The van der Waals surface area contributed by atoms with E-state index in [-0.39, 0.29) is 5.92 Å². The number of nitrogens with zero attached hydrogens (tertiary/aromatic N) is 1. The molecule has 3 aliphatic carbocycles. The Morgan fingerprint density at radius 1 is 0.854 bits per heavy atom. The van der Waals surface area contributed by atoms with Crippen LogP contribution >= 0.6 is 0 Å². The largest absolute Gasteiger partial charge is 0.423 e. The van der Waals surface area contributed by atoms with E-state index in [2.05, 4.69) is 116 Å². The summed E-state index contributed by atoms with van der Waals surface area (Å²) in [6.45, 7) is 5.58. The number of rotatable bonds is 6. The van der Waals surface area contributed by atoms with E-state index in [0.29, 0.717) is 5.75 Å². The first kappa shape index (κ1) is 24.9. The number of anilines is 2. The summed E-state index contributed by atoms with van der Waals surface area (Å²) in [7, 11) is 0. The van der Waals surface area contributed by atoms with E-state index in [9.17, 15) is 4.79 Å². The number of carbonyl (C=O) groups is 1. The molecule has 198 valence electrons. The molecule has 3 aliphatic rings. The molecule has 0 radical (unpaired) electrons. The summed E-state index contributed by atoms with van der Waals surface area (Å²) in [5, 5.41) is 0. The summed E-state index contributed by atoms with van der Waals surface area (Å²) in [6.07, 6.45) is 13.6. The Kier molecular flexibility index (Phi) is 6.13. The van der Waals surface area contributed by atoms with Gasteiger partial charge in [-0.3, -0.25) is 0 Å². The van der Waals surface area contributed by atoms with Crippen molar-refractivity contribution in [2.75, 3.05) is 4.90 Å². The predicted octanol–water partition coefficient (Wildman–Crippen LogP) is 9.01. The highest BCUT2D eigenvalue weighted by Crippen LogP contribution is 2.50. The SMILES string of the molecule is C=CC(=O)Oc1ccc(-c2ccc(N(C3=CC=C4C=Cc5cccc6c5C4C3=CC6)c3ccc(C)cc3)cc2)cc1. The molecule has 0 N–H and O–H groups in total. The van der Waals surface area contributed by atoms with Crippen molar-refractivity contribution in [2.45, 2.75) is 19.3 Å². The Bertz CT molecular complexity index is 1800. The Morgan fingerprint density at radius 3 is 2.24 bits per heavy atom. The maximum Gasteiger partial charge on any atom is 0.335 e. The first-order chi connectivity index (χ1) is 20.1. The highest BCUT2D eigenvalue weighted by molar-refractivity contribution is 5.83. The minimum atomic E-state index is -0.464. The van der Waals surface area contributed by atoms with Gasteiger partial charge in [0.1, 0.15) is 5.75 Å². The number of ether oxygens (including phenoxy) is 1. The second kappa shape index (κ2) is 10.1. The molecular weight excluding hydrogens is 502 g/mol. The standard InChI is InChI=1S/C38H29NO2/c1-3-36(40)41-33-21-13-27(14-22-33)26-11-19-32(20-12-26)39(31-17-7-25(2)8-18-31)35-24-16-30-10-9-28-5-4-6-29-15-23-34(35)38(30)37(28)29/h3-14,16-24,38H,1,15H2,2H3. The lowest BCUT2D eigenvalue weighted by Gasteiger charge is -2.39. The molecule has 41 heavy (non-hydrogen) atoms. The summed E-state index contributed by atoms with van der Waals surface area (Å²) in [5.41, 5.74) is 13.7. The van der Waals surface area contributed by atoms with Crippen molar-refractivity contribution in [2.24, 2.45) is 0 Å². The number of aryl methyl sites for hydroxylation is 1. The molecule has 0 saturated heterocycles. The first-order valence-electron chi connectivity index (χ1n) is 13.9. The monoisotopic (exact) mass is 531 g/mol. The Morgan fingerprint density at radius 2 is 1.54 bits per heavy atom. The summed E-state index contributed by atoms with van der Waals surface area (Å²) >= 11 is 0. The molecule has 4 aromatic rings. The zero-order chi connectivity index (χ0) is 27.9. The van der Waals surface area contributed by atoms with Gasteiger partial charge < -0.3 is 9.64 Å². The first-order valence-corrected chi connectivity index (χ1v) is 13.9. The third-order valence-corrected chi connectivity index (χ3v) is 8.12. The third kappa shape index (κ3) is 4.46. The van der Waals surface area contributed by atoms with Crippen LogP contribution in [0.25, 0.3) is 17.2 Å². The van der Waals surface area contributed by atoms with Crippen molar-refractivity contribution in [1.82, 2.24) is 0 Å². The van der Waals surface area contributed by atoms with Crippen LogP contribution in [0.15, 0.2) is 145 Å². The highest BCUT2D eigenvalue weighted by Gasteiger charge is 2.35. The van der Waals surface area contributed by atoms with Gasteiger partial charge in [-0.15, -0.1) is 0 Å². The number of hydrogen-bond acceptors (Lipinski definition) is 3. The van der Waals surface area contributed by atoms with E-state index in [1.165, 1.54) is 39.1 Å². The molecule has 0 amide bonds. The van der Waals surface area contributed by atoms with E-state index in [4.69, 9.17) is 4.74 Å². The topological polar surface area (TPSA) is 29.5 Å². The predicted molar refractivity (Wildman–Crippen MR) is 167 cm³/mol. The van der Waals surface area contributed by atoms with Gasteiger partial charge in [0.15, 0.2) is 0 Å². The van der Waals surface area contributed by atoms with Crippen LogP contribution in [0.5, 0.6) is 5.75 Å². The van der Waals surface area contributed by atoms with E-state index in [1.54, 1.807) is 12.1 Å². The molecule has 0 saturated carbocycles. The smallest absolute Gasteiger partial charge is 0.335 e. The molecule has 0 heterocycles. The van der Waals surface area contributed by atoms with Gasteiger partial charge >= 0.3 is 5.97 Å². The fourth-order valence-electron chi connectivity index (χ4n) is 6.11. The Hall–Kier alpha value is -5.15. The van der Waals surface area contributed by atoms with Gasteiger partial charge in [-0.2, -0.15) is 0 Å². The van der Waals surface area contributed by atoms with E-state index < -0.39 is 5.97 Å². The number of carbonyl (C=O) groups excluding carboxylic acids is 1. The molecule has 1 unspecified atom stereocenters. The van der Waals surface area contributed by atoms with Gasteiger partial charge in [-0.1, -0.05) is 91.0 Å². The summed E-state index contributed by atoms with van der Waals surface area (Å²) in [4.78, 5) is 13.9. The van der Waals surface area contributed by atoms with Gasteiger partial charge in [-0.25, -0.2) is 4.79 Å². The van der Waals surface area contributed by atoms with Crippen molar-refractivity contribution < 1.29 is 9.53 Å². The minimum absolute atomic E-state index is 0.251.